The topological polar surface area (TPSA) is 92.9 Å². The van der Waals surface area contributed by atoms with Gasteiger partial charge in [-0.1, -0.05) is 11.3 Å². The molecule has 0 aromatic carbocycles. The normalized spacial score (nSPS) is 19.0. The Morgan fingerprint density at radius 3 is 2.50 bits per heavy atom. The van der Waals surface area contributed by atoms with E-state index in [1.807, 2.05) is 11.8 Å². The molecule has 0 radical (unpaired) electrons. The molecule has 1 saturated carbocycles. The Morgan fingerprint density at radius 1 is 1.18 bits per heavy atom. The zero-order chi connectivity index (χ0) is 24.0. The number of thiazole rings is 1. The van der Waals surface area contributed by atoms with Gasteiger partial charge in [0.25, 0.3) is 0 Å². The minimum Gasteiger partial charge on any atom is -0.358 e. The molecular weight excluding hydrogens is 469 g/mol. The summed E-state index contributed by atoms with van der Waals surface area (Å²) in [6, 6.07) is -0.205. The first-order chi connectivity index (χ1) is 16.2. The minimum absolute atomic E-state index is 0.0693. The first kappa shape index (κ1) is 22.7. The van der Waals surface area contributed by atoms with Gasteiger partial charge < -0.3 is 9.80 Å². The standard InChI is InChI=1S/C21H23F3N8OS/c1-12-9-30(5-6-32(12)16(33)10-31-11-27-13(2)29-31)19-17(28-20(34-19)21(22,23)24)15-7-25-18(26-8-15)14-3-4-14/h7-8,11-12,14H,3-6,9-10H2,1-2H3/t12-/m1/s1. The molecule has 0 spiro atoms. The first-order valence-corrected chi connectivity index (χ1v) is 11.8. The fourth-order valence-corrected chi connectivity index (χ4v) is 5.05. The van der Waals surface area contributed by atoms with Gasteiger partial charge >= 0.3 is 6.18 Å². The Balaban J connectivity index is 1.36. The number of halogens is 3. The number of rotatable bonds is 5. The van der Waals surface area contributed by atoms with Crippen LogP contribution in [-0.4, -0.2) is 66.2 Å². The van der Waals surface area contributed by atoms with E-state index < -0.39 is 11.2 Å². The number of anilines is 1. The highest BCUT2D eigenvalue weighted by molar-refractivity contribution is 7.16. The lowest BCUT2D eigenvalue weighted by molar-refractivity contribution is -0.137. The number of aryl methyl sites for hydroxylation is 1. The van der Waals surface area contributed by atoms with Crippen molar-refractivity contribution in [1.29, 1.82) is 0 Å². The van der Waals surface area contributed by atoms with E-state index in [0.29, 0.717) is 53.3 Å². The van der Waals surface area contributed by atoms with Crippen molar-refractivity contribution in [3.8, 4) is 11.3 Å². The summed E-state index contributed by atoms with van der Waals surface area (Å²) in [4.78, 5) is 33.0. The van der Waals surface area contributed by atoms with E-state index in [2.05, 4.69) is 25.0 Å². The highest BCUT2D eigenvalue weighted by Crippen LogP contribution is 2.43. The SMILES string of the molecule is Cc1ncn(CC(=O)N2CCN(c3sc(C(F)(F)F)nc3-c3cnc(C4CC4)nc3)C[C@H]2C)n1. The molecule has 34 heavy (non-hydrogen) atoms. The molecule has 3 aromatic rings. The van der Waals surface area contributed by atoms with Gasteiger partial charge in [-0.3, -0.25) is 4.79 Å². The number of hydrogen-bond acceptors (Lipinski definition) is 8. The summed E-state index contributed by atoms with van der Waals surface area (Å²) in [5, 5.41) is 3.66. The van der Waals surface area contributed by atoms with Crippen molar-refractivity contribution in [2.24, 2.45) is 0 Å². The molecule has 0 N–H and O–H groups in total. The van der Waals surface area contributed by atoms with E-state index in [0.717, 1.165) is 18.7 Å². The maximum absolute atomic E-state index is 13.5. The zero-order valence-corrected chi connectivity index (χ0v) is 19.5. The molecule has 5 rings (SSSR count). The summed E-state index contributed by atoms with van der Waals surface area (Å²) in [5.74, 6) is 1.54. The molecule has 1 aliphatic heterocycles. The third-order valence-electron chi connectivity index (χ3n) is 5.92. The van der Waals surface area contributed by atoms with Crippen LogP contribution in [0.15, 0.2) is 18.7 Å². The van der Waals surface area contributed by atoms with Crippen LogP contribution in [0.4, 0.5) is 18.2 Å². The number of alkyl halides is 3. The van der Waals surface area contributed by atoms with E-state index in [1.54, 1.807) is 24.2 Å². The van der Waals surface area contributed by atoms with Crippen molar-refractivity contribution in [2.75, 3.05) is 24.5 Å². The van der Waals surface area contributed by atoms with Gasteiger partial charge in [-0.15, -0.1) is 0 Å². The summed E-state index contributed by atoms with van der Waals surface area (Å²) in [6.07, 6.45) is 2.15. The lowest BCUT2D eigenvalue weighted by Gasteiger charge is -2.40. The van der Waals surface area contributed by atoms with Crippen molar-refractivity contribution in [1.82, 2.24) is 34.6 Å². The van der Waals surface area contributed by atoms with Gasteiger partial charge in [-0.25, -0.2) is 24.6 Å². The highest BCUT2D eigenvalue weighted by Gasteiger charge is 2.38. The van der Waals surface area contributed by atoms with Crippen LogP contribution in [0.1, 0.15) is 42.3 Å². The molecule has 2 fully saturated rings. The lowest BCUT2D eigenvalue weighted by atomic mass is 10.1. The molecule has 0 unspecified atom stereocenters. The molecule has 1 saturated heterocycles. The Kier molecular flexibility index (Phi) is 5.74. The molecule has 1 atom stereocenters. The largest absolute Gasteiger partial charge is 0.443 e. The predicted octanol–water partition coefficient (Wildman–Crippen LogP) is 3.13. The van der Waals surface area contributed by atoms with E-state index in [-0.39, 0.29) is 24.2 Å². The number of hydrogen-bond donors (Lipinski definition) is 0. The van der Waals surface area contributed by atoms with E-state index in [1.165, 1.54) is 11.0 Å². The van der Waals surface area contributed by atoms with Crippen molar-refractivity contribution < 1.29 is 18.0 Å². The van der Waals surface area contributed by atoms with Crippen molar-refractivity contribution >= 4 is 22.2 Å². The Labute approximate surface area is 197 Å². The van der Waals surface area contributed by atoms with Crippen LogP contribution in [0, 0.1) is 6.92 Å². The van der Waals surface area contributed by atoms with Crippen molar-refractivity contribution in [3.63, 3.8) is 0 Å². The summed E-state index contributed by atoms with van der Waals surface area (Å²) >= 11 is 0.616. The van der Waals surface area contributed by atoms with E-state index in [9.17, 15) is 18.0 Å². The molecule has 1 amide bonds. The van der Waals surface area contributed by atoms with Crippen LogP contribution >= 0.6 is 11.3 Å². The Bertz CT molecular complexity index is 1190. The van der Waals surface area contributed by atoms with Crippen LogP contribution in [0.3, 0.4) is 0 Å². The van der Waals surface area contributed by atoms with Gasteiger partial charge in [0.1, 0.15) is 35.2 Å². The fourth-order valence-electron chi connectivity index (χ4n) is 4.05. The van der Waals surface area contributed by atoms with Gasteiger partial charge in [-0.05, 0) is 26.7 Å². The van der Waals surface area contributed by atoms with E-state index in [4.69, 9.17) is 0 Å². The highest BCUT2D eigenvalue weighted by atomic mass is 32.1. The number of aromatic nitrogens is 6. The van der Waals surface area contributed by atoms with Gasteiger partial charge in [0.15, 0.2) is 0 Å². The molecule has 1 aliphatic carbocycles. The first-order valence-electron chi connectivity index (χ1n) is 11.0. The third-order valence-corrected chi connectivity index (χ3v) is 7.08. The predicted molar refractivity (Wildman–Crippen MR) is 118 cm³/mol. The van der Waals surface area contributed by atoms with Crippen LogP contribution in [0.5, 0.6) is 0 Å². The van der Waals surface area contributed by atoms with Crippen molar-refractivity contribution in [3.05, 3.63) is 35.4 Å². The summed E-state index contributed by atoms with van der Waals surface area (Å²) in [6.45, 7) is 4.85. The summed E-state index contributed by atoms with van der Waals surface area (Å²) < 4.78 is 42.1. The Morgan fingerprint density at radius 2 is 1.91 bits per heavy atom. The molecule has 0 bridgehead atoms. The van der Waals surface area contributed by atoms with Gasteiger partial charge in [-0.2, -0.15) is 18.3 Å². The average molecular weight is 493 g/mol. The lowest BCUT2D eigenvalue weighted by Crippen LogP contribution is -2.54. The number of carbonyl (C=O) groups is 1. The van der Waals surface area contributed by atoms with Gasteiger partial charge in [0.05, 0.1) is 0 Å². The maximum atomic E-state index is 13.5. The number of piperazine rings is 1. The number of amides is 1. The van der Waals surface area contributed by atoms with Crippen LogP contribution in [0.25, 0.3) is 11.3 Å². The monoisotopic (exact) mass is 492 g/mol. The van der Waals surface area contributed by atoms with Gasteiger partial charge in [0, 0.05) is 49.6 Å². The Hall–Kier alpha value is -3.09. The molecule has 180 valence electrons. The number of carbonyl (C=O) groups excluding carboxylic acids is 1. The van der Waals surface area contributed by atoms with Gasteiger partial charge in [0.2, 0.25) is 10.9 Å². The second-order valence-electron chi connectivity index (χ2n) is 8.65. The molecule has 4 heterocycles. The smallest absolute Gasteiger partial charge is 0.358 e. The molecule has 2 aliphatic rings. The molecule has 9 nitrogen and oxygen atoms in total. The average Bonchev–Trinajstić information content (AvgIpc) is 3.40. The zero-order valence-electron chi connectivity index (χ0n) is 18.7. The summed E-state index contributed by atoms with van der Waals surface area (Å²) in [7, 11) is 0. The second-order valence-corrected chi connectivity index (χ2v) is 9.62. The van der Waals surface area contributed by atoms with Crippen molar-refractivity contribution in [2.45, 2.75) is 51.4 Å². The van der Waals surface area contributed by atoms with Crippen LogP contribution in [0.2, 0.25) is 0 Å². The maximum Gasteiger partial charge on any atom is 0.443 e. The second kappa shape index (κ2) is 8.60. The fraction of sp³-hybridized carbons (Fsp3) is 0.524. The quantitative estimate of drug-likeness (QED) is 0.540. The molecule has 3 aromatic heterocycles. The van der Waals surface area contributed by atoms with Crippen LogP contribution in [-0.2, 0) is 17.5 Å². The molecule has 13 heteroatoms. The number of nitrogens with zero attached hydrogens (tertiary/aromatic N) is 8. The summed E-state index contributed by atoms with van der Waals surface area (Å²) in [5.41, 5.74) is 0.684. The molecular formula is C21H23F3N8OS. The van der Waals surface area contributed by atoms with Crippen LogP contribution < -0.4 is 4.90 Å². The minimum atomic E-state index is -4.55. The third kappa shape index (κ3) is 4.61. The van der Waals surface area contributed by atoms with E-state index >= 15 is 0 Å².